The fraction of sp³-hybridized carbons (Fsp3) is 0.133. The molecule has 0 amide bonds. The highest BCUT2D eigenvalue weighted by atomic mass is 15.5. The lowest BCUT2D eigenvalue weighted by atomic mass is 10.1. The van der Waals surface area contributed by atoms with E-state index in [1.807, 2.05) is 55.5 Å². The van der Waals surface area contributed by atoms with Gasteiger partial charge in [0.1, 0.15) is 0 Å². The molecule has 5 heteroatoms. The van der Waals surface area contributed by atoms with E-state index in [-0.39, 0.29) is 0 Å². The molecule has 2 aromatic carbocycles. The molecule has 20 heavy (non-hydrogen) atoms. The van der Waals surface area contributed by atoms with Crippen LogP contribution in [-0.2, 0) is 6.54 Å². The monoisotopic (exact) mass is 265 g/mol. The summed E-state index contributed by atoms with van der Waals surface area (Å²) in [6.45, 7) is 2.58. The summed E-state index contributed by atoms with van der Waals surface area (Å²) in [5.41, 5.74) is 9.78. The summed E-state index contributed by atoms with van der Waals surface area (Å²) in [5.74, 6) is 0.721. The van der Waals surface area contributed by atoms with Gasteiger partial charge in [0, 0.05) is 12.1 Å². The Hall–Kier alpha value is -2.53. The SMILES string of the molecule is Cc1cccc(-n2nnnc2-c2ccc(CN)cc2)c1. The smallest absolute Gasteiger partial charge is 0.187 e. The number of hydrogen-bond acceptors (Lipinski definition) is 4. The molecule has 0 unspecified atom stereocenters. The molecule has 1 heterocycles. The number of hydrogen-bond donors (Lipinski definition) is 1. The molecule has 0 bridgehead atoms. The molecule has 0 fully saturated rings. The van der Waals surface area contributed by atoms with E-state index in [0.717, 1.165) is 22.6 Å². The Morgan fingerprint density at radius 3 is 2.60 bits per heavy atom. The van der Waals surface area contributed by atoms with Crippen LogP contribution in [0.25, 0.3) is 17.1 Å². The lowest BCUT2D eigenvalue weighted by molar-refractivity contribution is 0.790. The Bertz CT molecular complexity index is 715. The van der Waals surface area contributed by atoms with Crippen molar-refractivity contribution in [3.05, 3.63) is 59.7 Å². The molecule has 0 aliphatic heterocycles. The molecule has 0 spiro atoms. The van der Waals surface area contributed by atoms with Crippen LogP contribution in [-0.4, -0.2) is 20.2 Å². The van der Waals surface area contributed by atoms with Gasteiger partial charge >= 0.3 is 0 Å². The van der Waals surface area contributed by atoms with Crippen molar-refractivity contribution in [2.45, 2.75) is 13.5 Å². The number of nitrogens with two attached hydrogens (primary N) is 1. The Labute approximate surface area is 117 Å². The Kier molecular flexibility index (Phi) is 3.26. The Morgan fingerprint density at radius 1 is 1.10 bits per heavy atom. The molecule has 5 nitrogen and oxygen atoms in total. The van der Waals surface area contributed by atoms with E-state index in [2.05, 4.69) is 15.5 Å². The molecular formula is C15H15N5. The lowest BCUT2D eigenvalue weighted by Crippen LogP contribution is -2.00. The summed E-state index contributed by atoms with van der Waals surface area (Å²) < 4.78 is 1.74. The Morgan fingerprint density at radius 2 is 1.90 bits per heavy atom. The summed E-state index contributed by atoms with van der Waals surface area (Å²) in [5, 5.41) is 12.0. The first-order chi connectivity index (χ1) is 9.78. The van der Waals surface area contributed by atoms with Gasteiger partial charge in [-0.3, -0.25) is 0 Å². The van der Waals surface area contributed by atoms with Gasteiger partial charge in [0.15, 0.2) is 5.82 Å². The van der Waals surface area contributed by atoms with Crippen molar-refractivity contribution in [2.24, 2.45) is 5.73 Å². The van der Waals surface area contributed by atoms with E-state index in [9.17, 15) is 0 Å². The van der Waals surface area contributed by atoms with Gasteiger partial charge in [-0.15, -0.1) is 5.10 Å². The number of aromatic nitrogens is 4. The molecule has 0 atom stereocenters. The number of aryl methyl sites for hydroxylation is 1. The van der Waals surface area contributed by atoms with Crippen LogP contribution in [0.15, 0.2) is 48.5 Å². The van der Waals surface area contributed by atoms with Gasteiger partial charge in [0.05, 0.1) is 5.69 Å². The minimum Gasteiger partial charge on any atom is -0.326 e. The van der Waals surface area contributed by atoms with Gasteiger partial charge in [-0.05, 0) is 40.6 Å². The average molecular weight is 265 g/mol. The van der Waals surface area contributed by atoms with Crippen LogP contribution in [0.2, 0.25) is 0 Å². The van der Waals surface area contributed by atoms with Gasteiger partial charge in [-0.25, -0.2) is 0 Å². The fourth-order valence-electron chi connectivity index (χ4n) is 2.09. The van der Waals surface area contributed by atoms with Gasteiger partial charge < -0.3 is 5.73 Å². The second-order valence-corrected chi connectivity index (χ2v) is 4.65. The Balaban J connectivity index is 2.05. The second-order valence-electron chi connectivity index (χ2n) is 4.65. The highest BCUT2D eigenvalue weighted by Gasteiger charge is 2.10. The predicted molar refractivity (Wildman–Crippen MR) is 77.2 cm³/mol. The van der Waals surface area contributed by atoms with Crippen molar-refractivity contribution < 1.29 is 0 Å². The van der Waals surface area contributed by atoms with Crippen molar-refractivity contribution in [3.8, 4) is 17.1 Å². The average Bonchev–Trinajstić information content (AvgIpc) is 2.97. The quantitative estimate of drug-likeness (QED) is 0.787. The normalized spacial score (nSPS) is 10.7. The summed E-state index contributed by atoms with van der Waals surface area (Å²) in [4.78, 5) is 0. The molecule has 0 radical (unpaired) electrons. The first kappa shape index (κ1) is 12.5. The third-order valence-corrected chi connectivity index (χ3v) is 3.16. The number of benzene rings is 2. The highest BCUT2D eigenvalue weighted by Crippen LogP contribution is 2.20. The largest absolute Gasteiger partial charge is 0.326 e. The molecule has 1 aromatic heterocycles. The fourth-order valence-corrected chi connectivity index (χ4v) is 2.09. The van der Waals surface area contributed by atoms with Gasteiger partial charge in [-0.2, -0.15) is 4.68 Å². The first-order valence-electron chi connectivity index (χ1n) is 6.43. The van der Waals surface area contributed by atoms with Crippen LogP contribution >= 0.6 is 0 Å². The van der Waals surface area contributed by atoms with Crippen molar-refractivity contribution in [1.82, 2.24) is 20.2 Å². The summed E-state index contributed by atoms with van der Waals surface area (Å²) in [6.07, 6.45) is 0. The topological polar surface area (TPSA) is 69.6 Å². The van der Waals surface area contributed by atoms with E-state index in [1.54, 1.807) is 4.68 Å². The zero-order valence-electron chi connectivity index (χ0n) is 11.2. The van der Waals surface area contributed by atoms with Crippen LogP contribution in [0.1, 0.15) is 11.1 Å². The number of nitrogens with zero attached hydrogens (tertiary/aromatic N) is 4. The zero-order chi connectivity index (χ0) is 13.9. The number of rotatable bonds is 3. The predicted octanol–water partition coefficient (Wildman–Crippen LogP) is 2.10. The van der Waals surface area contributed by atoms with Gasteiger partial charge in [-0.1, -0.05) is 36.4 Å². The van der Waals surface area contributed by atoms with Crippen LogP contribution < -0.4 is 5.73 Å². The van der Waals surface area contributed by atoms with E-state index in [4.69, 9.17) is 5.73 Å². The highest BCUT2D eigenvalue weighted by molar-refractivity contribution is 5.57. The van der Waals surface area contributed by atoms with Crippen LogP contribution in [0, 0.1) is 6.92 Å². The second kappa shape index (κ2) is 5.22. The standard InChI is InChI=1S/C15H15N5/c1-11-3-2-4-14(9-11)20-15(17-18-19-20)13-7-5-12(10-16)6-8-13/h2-9H,10,16H2,1H3. The van der Waals surface area contributed by atoms with Crippen molar-refractivity contribution in [2.75, 3.05) is 0 Å². The molecule has 0 aliphatic rings. The third kappa shape index (κ3) is 2.31. The van der Waals surface area contributed by atoms with Crippen molar-refractivity contribution in [1.29, 1.82) is 0 Å². The minimum absolute atomic E-state index is 0.531. The molecule has 2 N–H and O–H groups in total. The van der Waals surface area contributed by atoms with Crippen LogP contribution in [0.3, 0.4) is 0 Å². The maximum atomic E-state index is 5.61. The molecule has 0 aliphatic carbocycles. The molecular weight excluding hydrogens is 250 g/mol. The summed E-state index contributed by atoms with van der Waals surface area (Å²) in [7, 11) is 0. The molecule has 0 saturated heterocycles. The number of tetrazole rings is 1. The maximum absolute atomic E-state index is 5.61. The van der Waals surface area contributed by atoms with E-state index in [0.29, 0.717) is 6.54 Å². The summed E-state index contributed by atoms with van der Waals surface area (Å²) in [6, 6.07) is 16.0. The van der Waals surface area contributed by atoms with Gasteiger partial charge in [0.2, 0.25) is 0 Å². The first-order valence-corrected chi connectivity index (χ1v) is 6.43. The maximum Gasteiger partial charge on any atom is 0.187 e. The van der Waals surface area contributed by atoms with Crippen LogP contribution in [0.5, 0.6) is 0 Å². The zero-order valence-corrected chi connectivity index (χ0v) is 11.2. The van der Waals surface area contributed by atoms with Gasteiger partial charge in [0.25, 0.3) is 0 Å². The van der Waals surface area contributed by atoms with E-state index in [1.165, 1.54) is 5.56 Å². The van der Waals surface area contributed by atoms with E-state index < -0.39 is 0 Å². The van der Waals surface area contributed by atoms with Crippen LogP contribution in [0.4, 0.5) is 0 Å². The molecule has 100 valence electrons. The van der Waals surface area contributed by atoms with E-state index >= 15 is 0 Å². The van der Waals surface area contributed by atoms with Crippen molar-refractivity contribution in [3.63, 3.8) is 0 Å². The van der Waals surface area contributed by atoms with Crippen molar-refractivity contribution >= 4 is 0 Å². The molecule has 3 aromatic rings. The molecule has 0 saturated carbocycles. The summed E-state index contributed by atoms with van der Waals surface area (Å²) >= 11 is 0. The lowest BCUT2D eigenvalue weighted by Gasteiger charge is -2.06. The minimum atomic E-state index is 0.531. The third-order valence-electron chi connectivity index (χ3n) is 3.16. The molecule has 3 rings (SSSR count).